The van der Waals surface area contributed by atoms with Gasteiger partial charge in [-0.25, -0.2) is 4.99 Å². The standard InChI is InChI=1S/C16H14Cl2N2OS2/c1-21-7-6-20-14(15-3-2-8-22-15)10-23-16(20)19-11-4-5-12(17)13(18)9-11/h2-5,8-10H,6-7H2,1H3. The van der Waals surface area contributed by atoms with Crippen molar-refractivity contribution in [1.82, 2.24) is 4.57 Å². The first-order valence-electron chi connectivity index (χ1n) is 6.90. The largest absolute Gasteiger partial charge is 0.383 e. The van der Waals surface area contributed by atoms with Crippen LogP contribution in [0.25, 0.3) is 10.6 Å². The van der Waals surface area contributed by atoms with Crippen LogP contribution in [0.5, 0.6) is 0 Å². The van der Waals surface area contributed by atoms with E-state index >= 15 is 0 Å². The molecule has 0 atom stereocenters. The number of thiophene rings is 1. The second-order valence-electron chi connectivity index (χ2n) is 4.74. The second kappa shape index (κ2) is 7.64. The normalized spacial score (nSPS) is 12.0. The van der Waals surface area contributed by atoms with Crippen LogP contribution in [0.15, 0.2) is 46.1 Å². The number of ether oxygens (including phenoxy) is 1. The van der Waals surface area contributed by atoms with Gasteiger partial charge in [0, 0.05) is 19.0 Å². The van der Waals surface area contributed by atoms with Crippen LogP contribution in [-0.2, 0) is 11.3 Å². The highest BCUT2D eigenvalue weighted by atomic mass is 35.5. The molecule has 0 bridgehead atoms. The number of halogens is 2. The summed E-state index contributed by atoms with van der Waals surface area (Å²) >= 11 is 15.4. The fourth-order valence-corrected chi connectivity index (χ4v) is 4.17. The van der Waals surface area contributed by atoms with E-state index in [9.17, 15) is 0 Å². The smallest absolute Gasteiger partial charge is 0.190 e. The van der Waals surface area contributed by atoms with Gasteiger partial charge in [-0.15, -0.1) is 22.7 Å². The molecule has 0 saturated carbocycles. The Morgan fingerprint density at radius 1 is 1.17 bits per heavy atom. The lowest BCUT2D eigenvalue weighted by Gasteiger charge is -2.07. The summed E-state index contributed by atoms with van der Waals surface area (Å²) in [6.45, 7) is 1.37. The summed E-state index contributed by atoms with van der Waals surface area (Å²) < 4.78 is 7.40. The van der Waals surface area contributed by atoms with Crippen molar-refractivity contribution in [2.45, 2.75) is 6.54 Å². The molecule has 23 heavy (non-hydrogen) atoms. The molecule has 0 aliphatic rings. The first kappa shape index (κ1) is 16.7. The van der Waals surface area contributed by atoms with Gasteiger partial charge in [0.25, 0.3) is 0 Å². The van der Waals surface area contributed by atoms with E-state index in [-0.39, 0.29) is 0 Å². The van der Waals surface area contributed by atoms with Crippen LogP contribution < -0.4 is 4.80 Å². The lowest BCUT2D eigenvalue weighted by molar-refractivity contribution is 0.187. The van der Waals surface area contributed by atoms with Crippen molar-refractivity contribution in [3.63, 3.8) is 0 Å². The third-order valence-electron chi connectivity index (χ3n) is 3.22. The molecule has 0 unspecified atom stereocenters. The van der Waals surface area contributed by atoms with E-state index in [1.54, 1.807) is 41.9 Å². The molecule has 3 aromatic rings. The van der Waals surface area contributed by atoms with Gasteiger partial charge >= 0.3 is 0 Å². The minimum absolute atomic E-state index is 0.506. The van der Waals surface area contributed by atoms with Gasteiger partial charge in [-0.2, -0.15) is 0 Å². The lowest BCUT2D eigenvalue weighted by atomic mass is 10.3. The Balaban J connectivity index is 2.07. The average molecular weight is 385 g/mol. The maximum absolute atomic E-state index is 6.08. The van der Waals surface area contributed by atoms with Crippen LogP contribution >= 0.6 is 45.9 Å². The van der Waals surface area contributed by atoms with Crippen LogP contribution in [0.2, 0.25) is 10.0 Å². The molecule has 0 aliphatic carbocycles. The third-order valence-corrected chi connectivity index (χ3v) is 5.71. The van der Waals surface area contributed by atoms with Gasteiger partial charge in [-0.05, 0) is 29.6 Å². The summed E-state index contributed by atoms with van der Waals surface area (Å²) in [4.78, 5) is 6.84. The Morgan fingerprint density at radius 2 is 2.04 bits per heavy atom. The van der Waals surface area contributed by atoms with Crippen molar-refractivity contribution in [3.8, 4) is 10.6 Å². The van der Waals surface area contributed by atoms with Crippen LogP contribution in [-0.4, -0.2) is 18.3 Å². The first-order valence-corrected chi connectivity index (χ1v) is 9.41. The van der Waals surface area contributed by atoms with Crippen molar-refractivity contribution in [2.24, 2.45) is 4.99 Å². The predicted molar refractivity (Wildman–Crippen MR) is 99.2 cm³/mol. The van der Waals surface area contributed by atoms with Gasteiger partial charge in [0.2, 0.25) is 0 Å². The van der Waals surface area contributed by atoms with Crippen LogP contribution in [0.4, 0.5) is 5.69 Å². The summed E-state index contributed by atoms with van der Waals surface area (Å²) in [5, 5.41) is 5.23. The molecule has 0 aliphatic heterocycles. The number of methoxy groups -OCH3 is 1. The van der Waals surface area contributed by atoms with Gasteiger partial charge in [-0.3, -0.25) is 0 Å². The van der Waals surface area contributed by atoms with Crippen molar-refractivity contribution < 1.29 is 4.74 Å². The Kier molecular flexibility index (Phi) is 5.56. The lowest BCUT2D eigenvalue weighted by Crippen LogP contribution is -2.18. The predicted octanol–water partition coefficient (Wildman–Crippen LogP) is 5.46. The van der Waals surface area contributed by atoms with E-state index in [0.29, 0.717) is 16.7 Å². The molecule has 0 amide bonds. The minimum atomic E-state index is 0.506. The number of hydrogen-bond donors (Lipinski definition) is 0. The average Bonchev–Trinajstić information content (AvgIpc) is 3.18. The van der Waals surface area contributed by atoms with E-state index in [0.717, 1.165) is 22.7 Å². The molecule has 0 spiro atoms. The maximum Gasteiger partial charge on any atom is 0.190 e. The zero-order valence-corrected chi connectivity index (χ0v) is 15.5. The van der Waals surface area contributed by atoms with Crippen LogP contribution in [0, 0.1) is 0 Å². The Hall–Kier alpha value is -1.11. The summed E-state index contributed by atoms with van der Waals surface area (Å²) in [5.74, 6) is 0. The molecule has 3 nitrogen and oxygen atoms in total. The summed E-state index contributed by atoms with van der Waals surface area (Å²) in [5.41, 5.74) is 1.94. The van der Waals surface area contributed by atoms with E-state index in [1.807, 2.05) is 12.1 Å². The van der Waals surface area contributed by atoms with Crippen LogP contribution in [0.1, 0.15) is 0 Å². The highest BCUT2D eigenvalue weighted by molar-refractivity contribution is 7.14. The van der Waals surface area contributed by atoms with E-state index < -0.39 is 0 Å². The highest BCUT2D eigenvalue weighted by Gasteiger charge is 2.09. The highest BCUT2D eigenvalue weighted by Crippen LogP contribution is 2.28. The topological polar surface area (TPSA) is 26.5 Å². The first-order chi connectivity index (χ1) is 11.2. The molecule has 120 valence electrons. The fraction of sp³-hybridized carbons (Fsp3) is 0.188. The van der Waals surface area contributed by atoms with E-state index in [4.69, 9.17) is 32.9 Å². The molecule has 2 heterocycles. The zero-order chi connectivity index (χ0) is 16.2. The molecule has 1 aromatic carbocycles. The maximum atomic E-state index is 6.08. The number of aromatic nitrogens is 1. The minimum Gasteiger partial charge on any atom is -0.383 e. The van der Waals surface area contributed by atoms with Crippen molar-refractivity contribution in [2.75, 3.05) is 13.7 Å². The zero-order valence-electron chi connectivity index (χ0n) is 12.3. The SMILES string of the molecule is COCCn1c(-c2cccs2)csc1=Nc1ccc(Cl)c(Cl)c1. The number of benzene rings is 1. The monoisotopic (exact) mass is 384 g/mol. The Labute approximate surface area is 152 Å². The molecular formula is C16H14Cl2N2OS2. The third kappa shape index (κ3) is 3.87. The number of nitrogens with zero attached hydrogens (tertiary/aromatic N) is 2. The Morgan fingerprint density at radius 3 is 2.74 bits per heavy atom. The molecule has 0 fully saturated rings. The summed E-state index contributed by atoms with van der Waals surface area (Å²) in [6.07, 6.45) is 0. The molecule has 0 saturated heterocycles. The van der Waals surface area contributed by atoms with Gasteiger partial charge in [0.15, 0.2) is 4.80 Å². The molecular weight excluding hydrogens is 371 g/mol. The summed E-state index contributed by atoms with van der Waals surface area (Å²) in [7, 11) is 1.70. The Bertz CT molecular complexity index is 853. The van der Waals surface area contributed by atoms with Crippen molar-refractivity contribution in [1.29, 1.82) is 0 Å². The second-order valence-corrected chi connectivity index (χ2v) is 7.33. The van der Waals surface area contributed by atoms with Gasteiger partial charge in [0.1, 0.15) is 0 Å². The fourth-order valence-electron chi connectivity index (χ4n) is 2.10. The van der Waals surface area contributed by atoms with Crippen LogP contribution in [0.3, 0.4) is 0 Å². The quantitative estimate of drug-likeness (QED) is 0.573. The molecule has 7 heteroatoms. The van der Waals surface area contributed by atoms with Gasteiger partial charge in [0.05, 0.1) is 32.9 Å². The van der Waals surface area contributed by atoms with E-state index in [2.05, 4.69) is 21.4 Å². The van der Waals surface area contributed by atoms with E-state index in [1.165, 1.54) is 4.88 Å². The molecule has 2 aromatic heterocycles. The number of hydrogen-bond acceptors (Lipinski definition) is 4. The molecule has 0 radical (unpaired) electrons. The van der Waals surface area contributed by atoms with Gasteiger partial charge in [-0.1, -0.05) is 29.3 Å². The molecule has 3 rings (SSSR count). The number of thiazole rings is 1. The van der Waals surface area contributed by atoms with Crippen molar-refractivity contribution >= 4 is 51.6 Å². The van der Waals surface area contributed by atoms with Gasteiger partial charge < -0.3 is 9.30 Å². The summed E-state index contributed by atoms with van der Waals surface area (Å²) in [6, 6.07) is 9.55. The molecule has 0 N–H and O–H groups in total. The number of rotatable bonds is 5. The van der Waals surface area contributed by atoms with Crippen molar-refractivity contribution in [3.05, 3.63) is 55.9 Å².